The number of nitro benzene ring substituents is 1. The van der Waals surface area contributed by atoms with E-state index in [9.17, 15) is 19.7 Å². The second-order valence-corrected chi connectivity index (χ2v) is 7.82. The highest BCUT2D eigenvalue weighted by Gasteiger charge is 2.44. The first-order valence-electron chi connectivity index (χ1n) is 11.0. The van der Waals surface area contributed by atoms with E-state index >= 15 is 0 Å². The van der Waals surface area contributed by atoms with Crippen LogP contribution in [-0.4, -0.2) is 53.8 Å². The minimum atomic E-state index is -0.884. The van der Waals surface area contributed by atoms with Crippen molar-refractivity contribution in [1.29, 1.82) is 0 Å². The zero-order chi connectivity index (χ0) is 23.3. The van der Waals surface area contributed by atoms with Gasteiger partial charge in [-0.3, -0.25) is 14.9 Å². The molecule has 172 valence electrons. The molecule has 1 fully saturated rings. The number of hydrogen-bond acceptors (Lipinski definition) is 8. The van der Waals surface area contributed by atoms with Gasteiger partial charge in [0.2, 0.25) is 0 Å². The van der Waals surface area contributed by atoms with Crippen LogP contribution in [0.25, 0.3) is 0 Å². The first-order valence-corrected chi connectivity index (χ1v) is 11.0. The smallest absolute Gasteiger partial charge is 0.338 e. The molecule has 0 spiro atoms. The summed E-state index contributed by atoms with van der Waals surface area (Å²) in [6, 6.07) is 6.03. The Balaban J connectivity index is 2.24. The van der Waals surface area contributed by atoms with Crippen molar-refractivity contribution in [1.82, 2.24) is 4.90 Å². The van der Waals surface area contributed by atoms with Crippen molar-refractivity contribution >= 4 is 23.3 Å². The standard InChI is InChI=1S/C23H29N3O6/c1-4-31-22(27)18-15(3)24-21(25-12-7-6-8-13-25)20(23(28)32-5-2)19(18)16-10-9-11-17(14-16)26(29)30/h9-11,14,18-19H,4-8,12-13H2,1-3H3. The molecule has 2 unspecified atom stereocenters. The number of non-ortho nitro benzene ring substituents is 1. The van der Waals surface area contributed by atoms with Crippen LogP contribution in [0.4, 0.5) is 5.69 Å². The third kappa shape index (κ3) is 4.81. The number of esters is 2. The summed E-state index contributed by atoms with van der Waals surface area (Å²) in [5, 5.41) is 11.4. The largest absolute Gasteiger partial charge is 0.465 e. The third-order valence-corrected chi connectivity index (χ3v) is 5.75. The van der Waals surface area contributed by atoms with Gasteiger partial charge in [0.1, 0.15) is 11.7 Å². The number of carbonyl (C=O) groups is 2. The minimum absolute atomic E-state index is 0.118. The number of benzene rings is 1. The molecule has 0 bridgehead atoms. The van der Waals surface area contributed by atoms with Crippen LogP contribution in [0, 0.1) is 16.0 Å². The lowest BCUT2D eigenvalue weighted by molar-refractivity contribution is -0.384. The first-order chi connectivity index (χ1) is 15.4. The number of aliphatic imine (C=N–C) groups is 1. The maximum absolute atomic E-state index is 13.2. The summed E-state index contributed by atoms with van der Waals surface area (Å²) in [4.78, 5) is 43.9. The van der Waals surface area contributed by atoms with E-state index in [-0.39, 0.29) is 24.5 Å². The zero-order valence-electron chi connectivity index (χ0n) is 18.7. The Hall–Kier alpha value is -3.23. The predicted molar refractivity (Wildman–Crippen MR) is 118 cm³/mol. The van der Waals surface area contributed by atoms with E-state index in [1.807, 2.05) is 4.90 Å². The molecule has 3 rings (SSSR count). The van der Waals surface area contributed by atoms with Crippen LogP contribution < -0.4 is 0 Å². The molecule has 32 heavy (non-hydrogen) atoms. The fourth-order valence-electron chi connectivity index (χ4n) is 4.35. The van der Waals surface area contributed by atoms with Gasteiger partial charge in [-0.25, -0.2) is 9.79 Å². The molecule has 1 saturated heterocycles. The molecule has 2 aliphatic heterocycles. The summed E-state index contributed by atoms with van der Waals surface area (Å²) in [5.41, 5.74) is 1.11. The summed E-state index contributed by atoms with van der Waals surface area (Å²) in [6.07, 6.45) is 3.04. The maximum atomic E-state index is 13.2. The van der Waals surface area contributed by atoms with Gasteiger partial charge in [-0.05, 0) is 45.6 Å². The zero-order valence-corrected chi connectivity index (χ0v) is 18.7. The highest BCUT2D eigenvalue weighted by Crippen LogP contribution is 2.42. The molecule has 2 heterocycles. The monoisotopic (exact) mass is 443 g/mol. The van der Waals surface area contributed by atoms with Crippen LogP contribution in [0.2, 0.25) is 0 Å². The number of ether oxygens (including phenoxy) is 2. The lowest BCUT2D eigenvalue weighted by Crippen LogP contribution is -2.41. The number of nitro groups is 1. The third-order valence-electron chi connectivity index (χ3n) is 5.75. The van der Waals surface area contributed by atoms with E-state index in [4.69, 9.17) is 14.5 Å². The quantitative estimate of drug-likeness (QED) is 0.360. The van der Waals surface area contributed by atoms with Gasteiger partial charge < -0.3 is 14.4 Å². The fourth-order valence-corrected chi connectivity index (χ4v) is 4.35. The van der Waals surface area contributed by atoms with Crippen LogP contribution in [0.1, 0.15) is 51.5 Å². The van der Waals surface area contributed by atoms with Crippen LogP contribution in [0.15, 0.2) is 40.7 Å². The molecule has 9 heteroatoms. The predicted octanol–water partition coefficient (Wildman–Crippen LogP) is 3.59. The van der Waals surface area contributed by atoms with Crippen LogP contribution in [-0.2, 0) is 19.1 Å². The Labute approximate surface area is 187 Å². The summed E-state index contributed by atoms with van der Waals surface area (Å²) in [6.45, 7) is 6.95. The highest BCUT2D eigenvalue weighted by atomic mass is 16.6. The van der Waals surface area contributed by atoms with Crippen molar-refractivity contribution in [2.45, 2.75) is 46.0 Å². The summed E-state index contributed by atoms with van der Waals surface area (Å²) in [7, 11) is 0. The molecular weight excluding hydrogens is 414 g/mol. The van der Waals surface area contributed by atoms with E-state index < -0.39 is 28.7 Å². The van der Waals surface area contributed by atoms with Gasteiger partial charge in [-0.2, -0.15) is 0 Å². The Bertz CT molecular complexity index is 949. The van der Waals surface area contributed by atoms with Crippen molar-refractivity contribution in [2.24, 2.45) is 10.9 Å². The van der Waals surface area contributed by atoms with Gasteiger partial charge in [0.15, 0.2) is 0 Å². The molecule has 1 aromatic rings. The van der Waals surface area contributed by atoms with Crippen LogP contribution in [0.3, 0.4) is 0 Å². The van der Waals surface area contributed by atoms with Crippen molar-refractivity contribution < 1.29 is 24.0 Å². The van der Waals surface area contributed by atoms with Gasteiger partial charge in [0.05, 0.1) is 23.7 Å². The molecule has 2 aliphatic rings. The van der Waals surface area contributed by atoms with Gasteiger partial charge >= 0.3 is 11.9 Å². The van der Waals surface area contributed by atoms with E-state index in [2.05, 4.69) is 0 Å². The summed E-state index contributed by atoms with van der Waals surface area (Å²) < 4.78 is 10.7. The second kappa shape index (κ2) is 10.4. The van der Waals surface area contributed by atoms with E-state index in [1.54, 1.807) is 32.9 Å². The molecule has 0 amide bonds. The molecule has 9 nitrogen and oxygen atoms in total. The van der Waals surface area contributed by atoms with E-state index in [0.717, 1.165) is 32.4 Å². The van der Waals surface area contributed by atoms with Crippen molar-refractivity contribution in [3.8, 4) is 0 Å². The van der Waals surface area contributed by atoms with Gasteiger partial charge in [-0.1, -0.05) is 12.1 Å². The van der Waals surface area contributed by atoms with Crippen molar-refractivity contribution in [3.63, 3.8) is 0 Å². The average Bonchev–Trinajstić information content (AvgIpc) is 2.79. The Morgan fingerprint density at radius 1 is 1.16 bits per heavy atom. The van der Waals surface area contributed by atoms with Gasteiger partial charge in [0, 0.05) is 36.9 Å². The number of hydrogen-bond donors (Lipinski definition) is 0. The molecule has 0 N–H and O–H groups in total. The van der Waals surface area contributed by atoms with Gasteiger partial charge in [-0.15, -0.1) is 0 Å². The topological polar surface area (TPSA) is 111 Å². The summed E-state index contributed by atoms with van der Waals surface area (Å²) in [5.74, 6) is -2.30. The SMILES string of the molecule is CCOC(=O)C1=C(N2CCCCC2)N=C(C)C(C(=O)OCC)C1c1cccc([N+](=O)[O-])c1. The van der Waals surface area contributed by atoms with Crippen molar-refractivity contribution in [2.75, 3.05) is 26.3 Å². The lowest BCUT2D eigenvalue weighted by atomic mass is 9.76. The van der Waals surface area contributed by atoms with Crippen LogP contribution in [0.5, 0.6) is 0 Å². The molecule has 0 aromatic heterocycles. The number of likely N-dealkylation sites (tertiary alicyclic amines) is 1. The van der Waals surface area contributed by atoms with E-state index in [1.165, 1.54) is 12.1 Å². The van der Waals surface area contributed by atoms with Gasteiger partial charge in [0.25, 0.3) is 5.69 Å². The van der Waals surface area contributed by atoms with Crippen LogP contribution >= 0.6 is 0 Å². The number of rotatable bonds is 7. The first kappa shape index (κ1) is 23.4. The number of carbonyl (C=O) groups excluding carboxylic acids is 2. The fraction of sp³-hybridized carbons (Fsp3) is 0.522. The minimum Gasteiger partial charge on any atom is -0.465 e. The summed E-state index contributed by atoms with van der Waals surface area (Å²) >= 11 is 0. The molecular formula is C23H29N3O6. The molecule has 0 aliphatic carbocycles. The Morgan fingerprint density at radius 3 is 2.47 bits per heavy atom. The number of nitrogens with zero attached hydrogens (tertiary/aromatic N) is 3. The normalized spacial score (nSPS) is 21.1. The number of piperidine rings is 1. The van der Waals surface area contributed by atoms with E-state index in [0.29, 0.717) is 17.1 Å². The second-order valence-electron chi connectivity index (χ2n) is 7.82. The Kier molecular flexibility index (Phi) is 7.61. The molecule has 1 aromatic carbocycles. The maximum Gasteiger partial charge on any atom is 0.338 e. The Morgan fingerprint density at radius 2 is 1.84 bits per heavy atom. The van der Waals surface area contributed by atoms with Crippen molar-refractivity contribution in [3.05, 3.63) is 51.3 Å². The molecule has 0 radical (unpaired) electrons. The highest BCUT2D eigenvalue weighted by molar-refractivity contribution is 6.07. The molecule has 2 atom stereocenters. The average molecular weight is 444 g/mol. The molecule has 0 saturated carbocycles. The lowest BCUT2D eigenvalue weighted by Gasteiger charge is -2.37.